The fourth-order valence-electron chi connectivity index (χ4n) is 1.67. The summed E-state index contributed by atoms with van der Waals surface area (Å²) in [5, 5.41) is 10.5. The van der Waals surface area contributed by atoms with Gasteiger partial charge in [-0.15, -0.1) is 24.0 Å². The maximum atomic E-state index is 11.9. The van der Waals surface area contributed by atoms with Crippen molar-refractivity contribution in [2.45, 2.75) is 39.8 Å². The largest absolute Gasteiger partial charge is 0.444 e. The highest BCUT2D eigenvalue weighted by Crippen LogP contribution is 2.09. The Morgan fingerprint density at radius 3 is 2.62 bits per heavy atom. The lowest BCUT2D eigenvalue weighted by atomic mass is 10.2. The molecule has 0 saturated carbocycles. The number of likely N-dealkylation sites (N-methyl/N-ethyl adjacent to an activating group) is 1. The van der Waals surface area contributed by atoms with Crippen molar-refractivity contribution in [1.82, 2.24) is 15.5 Å². The highest BCUT2D eigenvalue weighted by Gasteiger charge is 2.19. The van der Waals surface area contributed by atoms with E-state index in [9.17, 15) is 4.79 Å². The summed E-state index contributed by atoms with van der Waals surface area (Å²) in [5.74, 6) is 0.747. The van der Waals surface area contributed by atoms with E-state index in [0.29, 0.717) is 19.6 Å². The van der Waals surface area contributed by atoms with Crippen LogP contribution in [0.1, 0.15) is 33.3 Å². The molecular formula is C16H29IN4O2S. The van der Waals surface area contributed by atoms with E-state index >= 15 is 0 Å². The summed E-state index contributed by atoms with van der Waals surface area (Å²) in [6.07, 6.45) is -0.320. The molecule has 0 aliphatic carbocycles. The van der Waals surface area contributed by atoms with E-state index < -0.39 is 5.60 Å². The van der Waals surface area contributed by atoms with Crippen LogP contribution in [0.4, 0.5) is 4.79 Å². The van der Waals surface area contributed by atoms with Gasteiger partial charge in [-0.25, -0.2) is 9.79 Å². The molecule has 0 fully saturated rings. The molecule has 1 amide bonds. The van der Waals surface area contributed by atoms with Crippen molar-refractivity contribution in [1.29, 1.82) is 0 Å². The van der Waals surface area contributed by atoms with Crippen molar-refractivity contribution in [3.8, 4) is 0 Å². The normalized spacial score (nSPS) is 11.5. The summed E-state index contributed by atoms with van der Waals surface area (Å²) in [6, 6.07) is 2.06. The predicted octanol–water partition coefficient (Wildman–Crippen LogP) is 3.29. The number of hydrogen-bond donors (Lipinski definition) is 2. The first kappa shape index (κ1) is 23.0. The van der Waals surface area contributed by atoms with Gasteiger partial charge in [0.1, 0.15) is 5.60 Å². The lowest BCUT2D eigenvalue weighted by Crippen LogP contribution is -2.43. The third-order valence-electron chi connectivity index (χ3n) is 2.79. The molecule has 0 aromatic carbocycles. The molecule has 138 valence electrons. The number of nitrogens with one attached hydrogen (secondary N) is 2. The van der Waals surface area contributed by atoms with Crippen LogP contribution in [0, 0.1) is 0 Å². The van der Waals surface area contributed by atoms with Crippen LogP contribution in [0.5, 0.6) is 0 Å². The first-order valence-electron chi connectivity index (χ1n) is 7.79. The molecule has 1 aromatic rings. The number of aliphatic imine (C=N–C) groups is 1. The molecule has 2 N–H and O–H groups in total. The minimum atomic E-state index is -0.476. The van der Waals surface area contributed by atoms with Gasteiger partial charge in [-0.3, -0.25) is 0 Å². The van der Waals surface area contributed by atoms with Crippen molar-refractivity contribution in [3.05, 3.63) is 22.4 Å². The number of thiophene rings is 1. The highest BCUT2D eigenvalue weighted by molar-refractivity contribution is 14.0. The van der Waals surface area contributed by atoms with E-state index in [-0.39, 0.29) is 30.1 Å². The van der Waals surface area contributed by atoms with Gasteiger partial charge in [0.2, 0.25) is 0 Å². The third-order valence-corrected chi connectivity index (χ3v) is 3.52. The molecule has 0 spiro atoms. The number of guanidine groups is 1. The van der Waals surface area contributed by atoms with Crippen LogP contribution < -0.4 is 10.6 Å². The average molecular weight is 468 g/mol. The molecule has 1 aromatic heterocycles. The Labute approximate surface area is 166 Å². The van der Waals surface area contributed by atoms with Gasteiger partial charge in [-0.05, 0) is 50.1 Å². The zero-order chi connectivity index (χ0) is 17.3. The fraction of sp³-hybridized carbons (Fsp3) is 0.625. The van der Waals surface area contributed by atoms with E-state index in [2.05, 4.69) is 27.1 Å². The first-order valence-corrected chi connectivity index (χ1v) is 8.73. The summed E-state index contributed by atoms with van der Waals surface area (Å²) < 4.78 is 5.32. The Bertz CT molecular complexity index is 501. The first-order chi connectivity index (χ1) is 10.8. The van der Waals surface area contributed by atoms with Gasteiger partial charge in [0.25, 0.3) is 0 Å². The van der Waals surface area contributed by atoms with E-state index in [0.717, 1.165) is 12.5 Å². The molecular weight excluding hydrogens is 439 g/mol. The monoisotopic (exact) mass is 468 g/mol. The number of carbonyl (C=O) groups excluding carboxylic acids is 1. The maximum absolute atomic E-state index is 11.9. The molecule has 8 heteroatoms. The summed E-state index contributed by atoms with van der Waals surface area (Å²) in [4.78, 5) is 18.0. The van der Waals surface area contributed by atoms with Crippen molar-refractivity contribution in [3.63, 3.8) is 0 Å². The molecule has 0 atom stereocenters. The summed E-state index contributed by atoms with van der Waals surface area (Å²) in [7, 11) is 1.73. The Hall–Kier alpha value is -1.03. The highest BCUT2D eigenvalue weighted by atomic mass is 127. The molecule has 24 heavy (non-hydrogen) atoms. The Morgan fingerprint density at radius 2 is 2.08 bits per heavy atom. The molecule has 0 aliphatic rings. The summed E-state index contributed by atoms with van der Waals surface area (Å²) in [5.41, 5.74) is 0.716. The second-order valence-electron chi connectivity index (χ2n) is 6.16. The lowest BCUT2D eigenvalue weighted by molar-refractivity contribution is 0.0302. The minimum absolute atomic E-state index is 0. The molecule has 0 unspecified atom stereocenters. The smallest absolute Gasteiger partial charge is 0.410 e. The zero-order valence-electron chi connectivity index (χ0n) is 15.1. The second-order valence-corrected chi connectivity index (χ2v) is 6.94. The quantitative estimate of drug-likeness (QED) is 0.382. The van der Waals surface area contributed by atoms with Crippen LogP contribution in [0.25, 0.3) is 0 Å². The van der Waals surface area contributed by atoms with Gasteiger partial charge in [0, 0.05) is 26.7 Å². The minimum Gasteiger partial charge on any atom is -0.444 e. The topological polar surface area (TPSA) is 66.0 Å². The van der Waals surface area contributed by atoms with Crippen molar-refractivity contribution < 1.29 is 9.53 Å². The maximum Gasteiger partial charge on any atom is 0.410 e. The van der Waals surface area contributed by atoms with Gasteiger partial charge in [0.15, 0.2) is 5.96 Å². The summed E-state index contributed by atoms with van der Waals surface area (Å²) >= 11 is 1.67. The van der Waals surface area contributed by atoms with Crippen LogP contribution in [-0.4, -0.2) is 49.2 Å². The zero-order valence-corrected chi connectivity index (χ0v) is 18.2. The number of carbonyl (C=O) groups is 1. The lowest BCUT2D eigenvalue weighted by Gasteiger charge is -2.24. The predicted molar refractivity (Wildman–Crippen MR) is 111 cm³/mol. The van der Waals surface area contributed by atoms with Crippen LogP contribution in [0.3, 0.4) is 0 Å². The molecule has 0 saturated heterocycles. The standard InChI is InChI=1S/C16H28N4O2S.HI/c1-6-17-14(19-11-13-7-10-23-12-13)18-8-9-20(5)15(21)22-16(2,3)4;/h7,10,12H,6,8-9,11H2,1-5H3,(H2,17,18,19);1H. The van der Waals surface area contributed by atoms with Crippen LogP contribution in [0.2, 0.25) is 0 Å². The van der Waals surface area contributed by atoms with Gasteiger partial charge >= 0.3 is 6.09 Å². The number of rotatable bonds is 6. The van der Waals surface area contributed by atoms with Crippen LogP contribution in [0.15, 0.2) is 21.8 Å². The fourth-order valence-corrected chi connectivity index (χ4v) is 2.33. The second kappa shape index (κ2) is 11.5. The number of amides is 1. The van der Waals surface area contributed by atoms with Crippen molar-refractivity contribution in [2.75, 3.05) is 26.7 Å². The number of nitrogens with zero attached hydrogens (tertiary/aromatic N) is 2. The Kier molecular flexibility index (Phi) is 11.0. The molecule has 1 heterocycles. The summed E-state index contributed by atoms with van der Waals surface area (Å²) in [6.45, 7) is 10.2. The molecule has 6 nitrogen and oxygen atoms in total. The molecule has 0 bridgehead atoms. The van der Waals surface area contributed by atoms with Gasteiger partial charge in [-0.2, -0.15) is 11.3 Å². The third kappa shape index (κ3) is 9.96. The Balaban J connectivity index is 0.00000529. The van der Waals surface area contributed by atoms with Crippen molar-refractivity contribution in [2.24, 2.45) is 4.99 Å². The van der Waals surface area contributed by atoms with Crippen LogP contribution >= 0.6 is 35.3 Å². The van der Waals surface area contributed by atoms with Gasteiger partial charge < -0.3 is 20.3 Å². The van der Waals surface area contributed by atoms with E-state index in [4.69, 9.17) is 4.74 Å². The van der Waals surface area contributed by atoms with Gasteiger partial charge in [-0.1, -0.05) is 0 Å². The Morgan fingerprint density at radius 1 is 1.38 bits per heavy atom. The SMILES string of the molecule is CCNC(=NCc1ccsc1)NCCN(C)C(=O)OC(C)(C)C.I. The van der Waals surface area contributed by atoms with E-state index in [1.807, 2.05) is 33.1 Å². The molecule has 0 aliphatic heterocycles. The van der Waals surface area contributed by atoms with Gasteiger partial charge in [0.05, 0.1) is 6.54 Å². The van der Waals surface area contributed by atoms with Crippen LogP contribution in [-0.2, 0) is 11.3 Å². The average Bonchev–Trinajstić information content (AvgIpc) is 2.96. The number of halogens is 1. The molecule has 1 rings (SSSR count). The van der Waals surface area contributed by atoms with Crippen molar-refractivity contribution >= 4 is 47.4 Å². The number of ether oxygens (including phenoxy) is 1. The molecule has 0 radical (unpaired) electrons. The van der Waals surface area contributed by atoms with E-state index in [1.54, 1.807) is 23.3 Å². The van der Waals surface area contributed by atoms with E-state index in [1.165, 1.54) is 5.56 Å². The number of hydrogen-bond acceptors (Lipinski definition) is 4.